The second kappa shape index (κ2) is 15.9. The Hall–Kier alpha value is -4.47. The molecule has 15 nitrogen and oxygen atoms in total. The van der Waals surface area contributed by atoms with E-state index in [1.54, 1.807) is 51.0 Å². The number of rotatable bonds is 6. The Kier molecular flexibility index (Phi) is 11.9. The number of hydrogen-bond acceptors (Lipinski definition) is 11. The number of ether oxygens (including phenoxy) is 3. The molecule has 2 aromatic rings. The second-order valence-corrected chi connectivity index (χ2v) is 17.7. The van der Waals surface area contributed by atoms with Crippen molar-refractivity contribution in [3.8, 4) is 11.6 Å². The molecule has 0 unspecified atom stereocenters. The molecule has 0 bridgehead atoms. The van der Waals surface area contributed by atoms with Crippen LogP contribution in [0.2, 0.25) is 0 Å². The smallest absolute Gasteiger partial charge is 0.405 e. The van der Waals surface area contributed by atoms with E-state index in [4.69, 9.17) is 15.2 Å². The van der Waals surface area contributed by atoms with Gasteiger partial charge in [0, 0.05) is 29.1 Å². The van der Waals surface area contributed by atoms with Gasteiger partial charge in [-0.1, -0.05) is 26.0 Å². The zero-order chi connectivity index (χ0) is 38.7. The predicted octanol–water partition coefficient (Wildman–Crippen LogP) is 4.49. The van der Waals surface area contributed by atoms with Crippen LogP contribution in [-0.4, -0.2) is 89.3 Å². The first-order valence-electron chi connectivity index (χ1n) is 18.2. The highest BCUT2D eigenvalue weighted by atomic mass is 32.2. The number of nitrogens with zero attached hydrogens (tertiary/aromatic N) is 3. The van der Waals surface area contributed by atoms with Gasteiger partial charge in [-0.25, -0.2) is 23.2 Å². The van der Waals surface area contributed by atoms with Crippen LogP contribution in [0.1, 0.15) is 90.3 Å². The number of benzene rings is 1. The van der Waals surface area contributed by atoms with Crippen molar-refractivity contribution in [2.45, 2.75) is 115 Å². The van der Waals surface area contributed by atoms with Gasteiger partial charge >= 0.3 is 6.09 Å². The Bertz CT molecular complexity index is 1860. The van der Waals surface area contributed by atoms with Gasteiger partial charge in [-0.3, -0.25) is 19.1 Å². The van der Waals surface area contributed by atoms with Crippen LogP contribution < -0.4 is 25.2 Å². The summed E-state index contributed by atoms with van der Waals surface area (Å²) in [5, 5.41) is 2.99. The van der Waals surface area contributed by atoms with E-state index in [2.05, 4.69) is 38.6 Å². The fraction of sp³-hybridized carbons (Fsp3) is 0.622. The van der Waals surface area contributed by atoms with Crippen LogP contribution in [-0.2, 0) is 29.1 Å². The lowest BCUT2D eigenvalue weighted by molar-refractivity contribution is -0.140. The van der Waals surface area contributed by atoms with Gasteiger partial charge in [-0.05, 0) is 83.3 Å². The molecular formula is C37H58N6O9S. The van der Waals surface area contributed by atoms with Crippen molar-refractivity contribution in [2.75, 3.05) is 13.7 Å². The van der Waals surface area contributed by atoms with E-state index >= 15 is 0 Å². The molecule has 6 atom stereocenters. The van der Waals surface area contributed by atoms with E-state index in [1.807, 2.05) is 12.2 Å². The number of nitrogens with one attached hydrogen (secondary N) is 2. The van der Waals surface area contributed by atoms with Gasteiger partial charge in [0.1, 0.15) is 35.4 Å². The summed E-state index contributed by atoms with van der Waals surface area (Å²) in [4.78, 5) is 61.5. The molecule has 3 heterocycles. The molecule has 0 spiro atoms. The van der Waals surface area contributed by atoms with E-state index in [0.29, 0.717) is 41.3 Å². The van der Waals surface area contributed by atoms with Gasteiger partial charge < -0.3 is 30.2 Å². The Balaban J connectivity index is 0.000000891. The number of nitrogens with two attached hydrogens (primary N) is 1. The van der Waals surface area contributed by atoms with E-state index in [-0.39, 0.29) is 47.8 Å². The number of carbonyl (C=O) groups is 4. The lowest BCUT2D eigenvalue weighted by Crippen LogP contribution is -2.56. The molecule has 3 fully saturated rings. The van der Waals surface area contributed by atoms with E-state index in [0.717, 1.165) is 19.3 Å². The molecule has 296 valence electrons. The number of aromatic nitrogens is 2. The first kappa shape index (κ1) is 39.7. The van der Waals surface area contributed by atoms with Gasteiger partial charge in [-0.2, -0.15) is 0 Å². The number of primary amides is 1. The second-order valence-electron chi connectivity index (χ2n) is 15.7. The number of amides is 4. The third-order valence-corrected chi connectivity index (χ3v) is 11.7. The van der Waals surface area contributed by atoms with Crippen LogP contribution in [0.25, 0.3) is 10.9 Å². The van der Waals surface area contributed by atoms with Crippen molar-refractivity contribution in [3.05, 3.63) is 36.7 Å². The lowest BCUT2D eigenvalue weighted by atomic mass is 9.91. The van der Waals surface area contributed by atoms with Crippen LogP contribution in [0.5, 0.6) is 11.6 Å². The molecule has 16 heteroatoms. The maximum Gasteiger partial charge on any atom is 0.405 e. The van der Waals surface area contributed by atoms with Crippen molar-refractivity contribution in [3.63, 3.8) is 0 Å². The van der Waals surface area contributed by atoms with Crippen LogP contribution in [0, 0.1) is 17.8 Å². The number of fused-ring (bicyclic) bond motifs is 3. The summed E-state index contributed by atoms with van der Waals surface area (Å²) < 4.78 is 43.8. The van der Waals surface area contributed by atoms with Crippen molar-refractivity contribution in [1.29, 1.82) is 0 Å². The lowest BCUT2D eigenvalue weighted by Gasteiger charge is -2.27. The van der Waals surface area contributed by atoms with Crippen LogP contribution in [0.15, 0.2) is 36.7 Å². The Labute approximate surface area is 315 Å². The van der Waals surface area contributed by atoms with E-state index in [1.165, 1.54) is 6.33 Å². The first-order chi connectivity index (χ1) is 24.9. The fourth-order valence-corrected chi connectivity index (χ4v) is 8.38. The maximum atomic E-state index is 14.0. The number of allylic oxidation sites excluding steroid dienone is 1. The summed E-state index contributed by atoms with van der Waals surface area (Å²) in [5.41, 5.74) is 3.50. The van der Waals surface area contributed by atoms with Crippen LogP contribution in [0.4, 0.5) is 4.79 Å². The van der Waals surface area contributed by atoms with E-state index in [9.17, 15) is 27.6 Å². The highest BCUT2D eigenvalue weighted by Crippen LogP contribution is 2.46. The highest BCUT2D eigenvalue weighted by Gasteiger charge is 2.62. The first-order valence-corrected chi connectivity index (χ1v) is 19.7. The standard InChI is InChI=1S/C32H41N5O7S.C5H11NO2.3H2/c1-19-6-4-5-7-21-16-32(21,31(40)36-45(41,42)24-9-10-24)35-29(39)27-15-23(17-37(27)28(38)13-20(2)12-19)44-30-25-11-8-22(43-3)14-26(25)33-18-34-30;1-5(2,3)8-4(6)7;;;/h5,7-8,11,14,18-21,23-24,27H,4,6,9-10,12-13,15-17H2,1-3H3,(H,35,39)(H,36,40);1-3H3,(H2,6,7);3*1H/b7-5-;;;;/t19-,20+,21+,23+,27-,32+;;;;/m0..../s1. The minimum atomic E-state index is -3.82. The Morgan fingerprint density at radius 2 is 1.83 bits per heavy atom. The maximum absolute atomic E-state index is 14.0. The van der Waals surface area contributed by atoms with Crippen LogP contribution >= 0.6 is 0 Å². The third kappa shape index (κ3) is 10.1. The van der Waals surface area contributed by atoms with Crippen LogP contribution in [0.3, 0.4) is 0 Å². The summed E-state index contributed by atoms with van der Waals surface area (Å²) in [6, 6.07) is 4.46. The zero-order valence-corrected chi connectivity index (χ0v) is 32.1. The summed E-state index contributed by atoms with van der Waals surface area (Å²) in [6.45, 7) is 9.67. The van der Waals surface area contributed by atoms with Gasteiger partial charge in [-0.15, -0.1) is 0 Å². The molecule has 2 aliphatic carbocycles. The quantitative estimate of drug-likeness (QED) is 0.349. The van der Waals surface area contributed by atoms with Gasteiger partial charge in [0.25, 0.3) is 5.91 Å². The minimum Gasteiger partial charge on any atom is -0.497 e. The molecule has 53 heavy (non-hydrogen) atoms. The zero-order valence-electron chi connectivity index (χ0n) is 31.3. The normalized spacial score (nSPS) is 28.4. The number of methoxy groups -OCH3 is 1. The number of carbonyl (C=O) groups excluding carboxylic acids is 4. The van der Waals surface area contributed by atoms with Crippen molar-refractivity contribution in [2.24, 2.45) is 23.5 Å². The summed E-state index contributed by atoms with van der Waals surface area (Å²) in [5.74, 6) is -0.268. The van der Waals surface area contributed by atoms with Crippen molar-refractivity contribution >= 4 is 44.7 Å². The molecule has 4 amide bonds. The SMILES string of the molecule is CC(C)(C)OC(N)=O.COc1ccc2c(O[C@@H]3C[C@H]4C(=O)N[C@]5(C(=O)NS(=O)(=O)C6CC6)C[C@H]5/C=C\CC[C@H](C)C[C@@H](C)CC(=O)N4C3)ncnc2c1.[HH].[HH].[HH]. The molecule has 1 aromatic carbocycles. The largest absolute Gasteiger partial charge is 0.497 e. The summed E-state index contributed by atoms with van der Waals surface area (Å²) >= 11 is 0. The molecule has 4 N–H and O–H groups in total. The summed E-state index contributed by atoms with van der Waals surface area (Å²) in [7, 11) is -2.24. The minimum absolute atomic E-state index is 0. The molecule has 2 aliphatic heterocycles. The topological polar surface area (TPSA) is 209 Å². The summed E-state index contributed by atoms with van der Waals surface area (Å²) in [6.07, 6.45) is 8.40. The van der Waals surface area contributed by atoms with Crippen molar-refractivity contribution in [1.82, 2.24) is 24.9 Å². The number of sulfonamides is 1. The molecule has 4 aliphatic rings. The predicted molar refractivity (Wildman–Crippen MR) is 202 cm³/mol. The molecule has 1 aromatic heterocycles. The molecule has 2 saturated carbocycles. The van der Waals surface area contributed by atoms with Gasteiger partial charge in [0.05, 0.1) is 29.8 Å². The Morgan fingerprint density at radius 1 is 1.09 bits per heavy atom. The molecule has 6 rings (SSSR count). The monoisotopic (exact) mass is 762 g/mol. The number of hydrogen-bond donors (Lipinski definition) is 3. The highest BCUT2D eigenvalue weighted by molar-refractivity contribution is 7.91. The Morgan fingerprint density at radius 3 is 2.47 bits per heavy atom. The molecular weight excluding hydrogens is 705 g/mol. The third-order valence-electron chi connectivity index (χ3n) is 9.86. The average Bonchev–Trinajstić information content (AvgIpc) is 3.99. The van der Waals surface area contributed by atoms with Gasteiger partial charge in [0.2, 0.25) is 27.7 Å². The van der Waals surface area contributed by atoms with Crippen molar-refractivity contribution < 1.29 is 46.1 Å². The molecule has 0 radical (unpaired) electrons. The fourth-order valence-electron chi connectivity index (χ4n) is 7.01. The average molecular weight is 763 g/mol. The van der Waals surface area contributed by atoms with E-state index < -0.39 is 56.5 Å². The van der Waals surface area contributed by atoms with Gasteiger partial charge in [0.15, 0.2) is 0 Å². The molecule has 1 saturated heterocycles.